The van der Waals surface area contributed by atoms with E-state index in [-0.39, 0.29) is 5.75 Å². The molecular weight excluding hydrogens is 452 g/mol. The monoisotopic (exact) mass is 490 g/mol. The molecule has 1 fully saturated rings. The Morgan fingerprint density at radius 2 is 2.00 bits per heavy atom. The lowest BCUT2D eigenvalue weighted by atomic mass is 9.99. The second-order valence-corrected chi connectivity index (χ2v) is 9.91. The Kier molecular flexibility index (Phi) is 9.67. The van der Waals surface area contributed by atoms with E-state index >= 15 is 0 Å². The maximum atomic E-state index is 10.7. The molecule has 1 aliphatic carbocycles. The van der Waals surface area contributed by atoms with Gasteiger partial charge in [0.25, 0.3) is 0 Å². The zero-order chi connectivity index (χ0) is 25.4. The molecular formula is C30H38N2O2S. The zero-order valence-electron chi connectivity index (χ0n) is 21.4. The van der Waals surface area contributed by atoms with Crippen LogP contribution in [0.4, 0.5) is 0 Å². The highest BCUT2D eigenvalue weighted by Crippen LogP contribution is 2.36. The van der Waals surface area contributed by atoms with E-state index in [1.54, 1.807) is 11.4 Å². The Bertz CT molecular complexity index is 1130. The molecule has 0 bridgehead atoms. The Labute approximate surface area is 215 Å². The molecule has 0 aliphatic heterocycles. The second-order valence-electron chi connectivity index (χ2n) is 9.67. The quantitative estimate of drug-likeness (QED) is 0.182. The Hall–Kier alpha value is -2.92. The molecule has 0 saturated heterocycles. The highest BCUT2D eigenvalue weighted by molar-refractivity contribution is 7.79. The maximum absolute atomic E-state index is 10.7. The van der Waals surface area contributed by atoms with Gasteiger partial charge in [0.15, 0.2) is 0 Å². The SMILES string of the molecule is CCC/C=C(/N)c1ccc(-c2ccc(C=S)cc2O/C(C)=C/C(=NCCC(C)C)C2CC2)cc1O. The van der Waals surface area contributed by atoms with E-state index in [4.69, 9.17) is 27.7 Å². The Morgan fingerprint density at radius 3 is 2.63 bits per heavy atom. The minimum atomic E-state index is 0.151. The van der Waals surface area contributed by atoms with Crippen molar-refractivity contribution in [3.63, 3.8) is 0 Å². The Balaban J connectivity index is 1.90. The first-order valence-corrected chi connectivity index (χ1v) is 13.1. The third-order valence-electron chi connectivity index (χ3n) is 6.03. The van der Waals surface area contributed by atoms with Crippen molar-refractivity contribution < 1.29 is 9.84 Å². The van der Waals surface area contributed by atoms with Crippen molar-refractivity contribution in [2.75, 3.05) is 6.54 Å². The standard InChI is InChI=1S/C30H38N2O2S/c1-5-6-7-27(31)26-13-11-24(18-29(26)33)25-12-8-22(19-35)17-30(25)34-21(4)16-28(23-9-10-23)32-15-14-20(2)3/h7-8,11-13,16-20,23,33H,5-6,9-10,14-15,31H2,1-4H3/b21-16+,27-7+,32-28?. The van der Waals surface area contributed by atoms with E-state index in [1.807, 2.05) is 43.3 Å². The molecule has 0 spiro atoms. The molecule has 1 saturated carbocycles. The van der Waals surface area contributed by atoms with E-state index in [9.17, 15) is 5.11 Å². The van der Waals surface area contributed by atoms with Crippen LogP contribution in [0.5, 0.6) is 11.5 Å². The molecule has 3 rings (SSSR count). The van der Waals surface area contributed by atoms with Crippen LogP contribution in [0.2, 0.25) is 0 Å². The molecule has 186 valence electrons. The summed E-state index contributed by atoms with van der Waals surface area (Å²) < 4.78 is 6.35. The van der Waals surface area contributed by atoms with Crippen LogP contribution >= 0.6 is 12.2 Å². The fourth-order valence-electron chi connectivity index (χ4n) is 3.82. The highest BCUT2D eigenvalue weighted by Gasteiger charge is 2.26. The van der Waals surface area contributed by atoms with E-state index < -0.39 is 0 Å². The van der Waals surface area contributed by atoms with Crippen LogP contribution in [-0.2, 0) is 0 Å². The molecule has 0 aromatic heterocycles. The number of thiocarbonyl (C=S) groups is 1. The van der Waals surface area contributed by atoms with Crippen LogP contribution in [-0.4, -0.2) is 22.7 Å². The summed E-state index contributed by atoms with van der Waals surface area (Å²) in [5.41, 5.74) is 11.2. The number of benzene rings is 2. The van der Waals surface area contributed by atoms with Crippen molar-refractivity contribution in [1.82, 2.24) is 0 Å². The number of nitrogens with two attached hydrogens (primary N) is 1. The number of hydrogen-bond donors (Lipinski definition) is 2. The van der Waals surface area contributed by atoms with Crippen molar-refractivity contribution in [2.24, 2.45) is 22.6 Å². The average Bonchev–Trinajstić information content (AvgIpc) is 3.67. The molecule has 2 aromatic carbocycles. The minimum Gasteiger partial charge on any atom is -0.507 e. The van der Waals surface area contributed by atoms with E-state index in [1.165, 1.54) is 12.8 Å². The van der Waals surface area contributed by atoms with Gasteiger partial charge in [-0.2, -0.15) is 0 Å². The lowest BCUT2D eigenvalue weighted by molar-refractivity contribution is 0.430. The molecule has 5 heteroatoms. The number of hydrogen-bond acceptors (Lipinski definition) is 5. The third-order valence-corrected chi connectivity index (χ3v) is 6.31. The van der Waals surface area contributed by atoms with Gasteiger partial charge in [-0.25, -0.2) is 0 Å². The molecule has 0 radical (unpaired) electrons. The van der Waals surface area contributed by atoms with E-state index in [2.05, 4.69) is 26.8 Å². The lowest BCUT2D eigenvalue weighted by Crippen LogP contribution is -2.04. The van der Waals surface area contributed by atoms with Gasteiger partial charge in [0.1, 0.15) is 17.3 Å². The number of phenols is 1. The first kappa shape index (κ1) is 26.7. The zero-order valence-corrected chi connectivity index (χ0v) is 22.2. The summed E-state index contributed by atoms with van der Waals surface area (Å²) in [4.78, 5) is 4.87. The number of unbranched alkanes of at least 4 members (excludes halogenated alkanes) is 1. The van der Waals surface area contributed by atoms with Gasteiger partial charge in [-0.1, -0.05) is 63.7 Å². The second kappa shape index (κ2) is 12.7. The number of aromatic hydroxyl groups is 1. The van der Waals surface area contributed by atoms with E-state index in [0.29, 0.717) is 28.8 Å². The number of ether oxygens (including phenoxy) is 1. The van der Waals surface area contributed by atoms with Crippen LogP contribution in [0.1, 0.15) is 70.9 Å². The summed E-state index contributed by atoms with van der Waals surface area (Å²) in [7, 11) is 0. The molecule has 0 heterocycles. The minimum absolute atomic E-state index is 0.151. The van der Waals surface area contributed by atoms with Crippen LogP contribution < -0.4 is 10.5 Å². The van der Waals surface area contributed by atoms with Gasteiger partial charge in [-0.3, -0.25) is 4.99 Å². The number of nitrogens with zero attached hydrogens (tertiary/aromatic N) is 1. The molecule has 35 heavy (non-hydrogen) atoms. The molecule has 0 atom stereocenters. The van der Waals surface area contributed by atoms with Crippen LogP contribution in [0.3, 0.4) is 0 Å². The molecule has 3 N–H and O–H groups in total. The summed E-state index contributed by atoms with van der Waals surface area (Å²) >= 11 is 5.16. The summed E-state index contributed by atoms with van der Waals surface area (Å²) in [6, 6.07) is 11.4. The molecule has 1 aliphatic rings. The molecule has 2 aromatic rings. The van der Waals surface area contributed by atoms with Gasteiger partial charge in [-0.15, -0.1) is 0 Å². The van der Waals surface area contributed by atoms with Crippen LogP contribution in [0, 0.1) is 11.8 Å². The fourth-order valence-corrected chi connectivity index (χ4v) is 3.97. The molecule has 0 amide bonds. The maximum Gasteiger partial charge on any atom is 0.135 e. The molecule has 4 nitrogen and oxygen atoms in total. The van der Waals surface area contributed by atoms with Gasteiger partial charge in [-0.05, 0) is 73.9 Å². The summed E-state index contributed by atoms with van der Waals surface area (Å²) in [6.07, 6.45) is 9.37. The average molecular weight is 491 g/mol. The van der Waals surface area contributed by atoms with Crippen LogP contribution in [0.15, 0.2) is 59.3 Å². The first-order valence-electron chi connectivity index (χ1n) is 12.6. The van der Waals surface area contributed by atoms with Crippen molar-refractivity contribution in [1.29, 1.82) is 0 Å². The van der Waals surface area contributed by atoms with Gasteiger partial charge in [0.05, 0.1) is 0 Å². The summed E-state index contributed by atoms with van der Waals surface area (Å²) in [6.45, 7) is 9.36. The topological polar surface area (TPSA) is 67.8 Å². The predicted molar refractivity (Wildman–Crippen MR) is 152 cm³/mol. The van der Waals surface area contributed by atoms with E-state index in [0.717, 1.165) is 54.0 Å². The first-order chi connectivity index (χ1) is 16.8. The Morgan fingerprint density at radius 1 is 1.23 bits per heavy atom. The van der Waals surface area contributed by atoms with Gasteiger partial charge in [0.2, 0.25) is 0 Å². The largest absolute Gasteiger partial charge is 0.507 e. The van der Waals surface area contributed by atoms with Crippen molar-refractivity contribution >= 4 is 29.0 Å². The predicted octanol–water partition coefficient (Wildman–Crippen LogP) is 7.69. The number of aliphatic imine (C=N–C) groups is 1. The normalized spacial score (nSPS) is 14.9. The number of rotatable bonds is 12. The summed E-state index contributed by atoms with van der Waals surface area (Å²) in [5.74, 6) is 2.81. The third kappa shape index (κ3) is 7.79. The van der Waals surface area contributed by atoms with Crippen molar-refractivity contribution in [2.45, 2.75) is 59.8 Å². The highest BCUT2D eigenvalue weighted by atomic mass is 32.1. The van der Waals surface area contributed by atoms with Gasteiger partial charge in [0, 0.05) is 40.4 Å². The molecule has 0 unspecified atom stereocenters. The lowest BCUT2D eigenvalue weighted by Gasteiger charge is -2.15. The smallest absolute Gasteiger partial charge is 0.135 e. The number of phenolic OH excluding ortho intramolecular Hbond substituents is 1. The van der Waals surface area contributed by atoms with Crippen molar-refractivity contribution in [3.8, 4) is 22.6 Å². The van der Waals surface area contributed by atoms with Gasteiger partial charge >= 0.3 is 0 Å². The van der Waals surface area contributed by atoms with Crippen LogP contribution in [0.25, 0.3) is 16.8 Å². The number of allylic oxidation sites excluding steroid dienone is 3. The van der Waals surface area contributed by atoms with Crippen molar-refractivity contribution in [3.05, 3.63) is 65.4 Å². The summed E-state index contributed by atoms with van der Waals surface area (Å²) in [5, 5.41) is 12.3. The fraction of sp³-hybridized carbons (Fsp3) is 0.400. The van der Waals surface area contributed by atoms with Gasteiger partial charge < -0.3 is 15.6 Å².